The number of urea groups is 1. The van der Waals surface area contributed by atoms with Gasteiger partial charge in [0, 0.05) is 42.1 Å². The molecule has 0 spiro atoms. The second kappa shape index (κ2) is 7.50. The molecule has 2 aromatic carbocycles. The molecule has 1 saturated carbocycles. The van der Waals surface area contributed by atoms with Crippen molar-refractivity contribution in [3.05, 3.63) is 59.3 Å². The zero-order chi connectivity index (χ0) is 23.6. The zero-order valence-corrected chi connectivity index (χ0v) is 19.3. The van der Waals surface area contributed by atoms with Crippen molar-refractivity contribution in [1.29, 1.82) is 0 Å². The maximum Gasteiger partial charge on any atom is 0.328 e. The van der Waals surface area contributed by atoms with Crippen LogP contribution >= 0.6 is 0 Å². The number of rotatable bonds is 6. The maximum atomic E-state index is 13.7. The first-order valence-electron chi connectivity index (χ1n) is 11.8. The lowest BCUT2D eigenvalue weighted by molar-refractivity contribution is -0.133. The first-order valence-corrected chi connectivity index (χ1v) is 11.8. The number of carbonyl (C=O) groups excluding carboxylic acids is 2. The van der Waals surface area contributed by atoms with Gasteiger partial charge in [-0.2, -0.15) is 0 Å². The van der Waals surface area contributed by atoms with E-state index in [4.69, 9.17) is 4.74 Å². The SMILES string of the molecule is COc1ccc2[nH]c3c(c2c1)C[C@@]1(C)C(=O)N(CCNC2CC2)C(=O)N1[C@@H]3c1cccc(O)c1. The van der Waals surface area contributed by atoms with Crippen molar-refractivity contribution in [1.82, 2.24) is 20.1 Å². The molecular formula is C26H28N4O4. The van der Waals surface area contributed by atoms with E-state index in [0.29, 0.717) is 25.6 Å². The summed E-state index contributed by atoms with van der Waals surface area (Å²) in [6.45, 7) is 2.79. The molecule has 8 nitrogen and oxygen atoms in total. The number of aromatic nitrogens is 1. The van der Waals surface area contributed by atoms with E-state index in [1.165, 1.54) is 4.90 Å². The van der Waals surface area contributed by atoms with Crippen molar-refractivity contribution in [2.45, 2.75) is 43.8 Å². The summed E-state index contributed by atoms with van der Waals surface area (Å²) in [5, 5.41) is 14.6. The molecule has 3 amide bonds. The van der Waals surface area contributed by atoms with Crippen LogP contribution in [0.1, 0.15) is 42.6 Å². The quantitative estimate of drug-likeness (QED) is 0.491. The van der Waals surface area contributed by atoms with E-state index in [9.17, 15) is 14.7 Å². The van der Waals surface area contributed by atoms with E-state index >= 15 is 0 Å². The summed E-state index contributed by atoms with van der Waals surface area (Å²) in [5.74, 6) is 0.674. The normalized spacial score (nSPS) is 24.0. The summed E-state index contributed by atoms with van der Waals surface area (Å²) in [6.07, 6.45) is 2.70. The van der Waals surface area contributed by atoms with Crippen LogP contribution in [-0.4, -0.2) is 63.6 Å². The van der Waals surface area contributed by atoms with E-state index in [1.807, 2.05) is 31.2 Å². The highest BCUT2D eigenvalue weighted by molar-refractivity contribution is 6.08. The Balaban J connectivity index is 1.49. The Hall–Kier alpha value is -3.52. The van der Waals surface area contributed by atoms with Crippen molar-refractivity contribution >= 4 is 22.8 Å². The van der Waals surface area contributed by atoms with Gasteiger partial charge in [0.15, 0.2) is 0 Å². The molecule has 2 aliphatic heterocycles. The number of imide groups is 1. The fourth-order valence-electron chi connectivity index (χ4n) is 5.53. The summed E-state index contributed by atoms with van der Waals surface area (Å²) in [5.41, 5.74) is 2.51. The van der Waals surface area contributed by atoms with E-state index in [0.717, 1.165) is 46.3 Å². The molecule has 3 aromatic rings. The van der Waals surface area contributed by atoms with E-state index in [-0.39, 0.29) is 17.7 Å². The van der Waals surface area contributed by atoms with E-state index in [2.05, 4.69) is 10.3 Å². The van der Waals surface area contributed by atoms with Gasteiger partial charge in [0.25, 0.3) is 5.91 Å². The Bertz CT molecular complexity index is 1310. The molecule has 1 aliphatic carbocycles. The van der Waals surface area contributed by atoms with Crippen molar-refractivity contribution in [2.75, 3.05) is 20.2 Å². The zero-order valence-electron chi connectivity index (χ0n) is 19.3. The molecule has 176 valence electrons. The summed E-state index contributed by atoms with van der Waals surface area (Å²) in [6, 6.07) is 12.4. The second-order valence-corrected chi connectivity index (χ2v) is 9.71. The molecular weight excluding hydrogens is 432 g/mol. The van der Waals surface area contributed by atoms with Gasteiger partial charge in [-0.15, -0.1) is 0 Å². The molecule has 6 rings (SSSR count). The number of benzene rings is 2. The molecule has 1 saturated heterocycles. The Labute approximate surface area is 197 Å². The lowest BCUT2D eigenvalue weighted by atomic mass is 9.81. The maximum absolute atomic E-state index is 13.7. The summed E-state index contributed by atoms with van der Waals surface area (Å²) >= 11 is 0. The van der Waals surface area contributed by atoms with Gasteiger partial charge in [0.2, 0.25) is 0 Å². The Morgan fingerprint density at radius 1 is 1.21 bits per heavy atom. The van der Waals surface area contributed by atoms with Crippen LogP contribution in [0, 0.1) is 0 Å². The Morgan fingerprint density at radius 3 is 2.76 bits per heavy atom. The number of aromatic hydroxyl groups is 1. The van der Waals surface area contributed by atoms with Gasteiger partial charge in [-0.25, -0.2) is 4.79 Å². The number of phenols is 1. The van der Waals surface area contributed by atoms with Gasteiger partial charge in [-0.1, -0.05) is 12.1 Å². The third-order valence-corrected chi connectivity index (χ3v) is 7.41. The number of amides is 3. The number of nitrogens with one attached hydrogen (secondary N) is 2. The average Bonchev–Trinajstić information content (AvgIpc) is 3.56. The highest BCUT2D eigenvalue weighted by Crippen LogP contribution is 2.49. The Kier molecular flexibility index (Phi) is 4.64. The molecule has 3 aliphatic rings. The van der Waals surface area contributed by atoms with Gasteiger partial charge >= 0.3 is 6.03 Å². The van der Waals surface area contributed by atoms with Crippen LogP contribution in [0.5, 0.6) is 11.5 Å². The van der Waals surface area contributed by atoms with Crippen LogP contribution in [-0.2, 0) is 11.2 Å². The molecule has 2 fully saturated rings. The number of ether oxygens (including phenoxy) is 1. The van der Waals surface area contributed by atoms with Crippen molar-refractivity contribution < 1.29 is 19.4 Å². The monoisotopic (exact) mass is 460 g/mol. The van der Waals surface area contributed by atoms with Crippen LogP contribution in [0.3, 0.4) is 0 Å². The van der Waals surface area contributed by atoms with Gasteiger partial charge in [-0.3, -0.25) is 14.6 Å². The molecule has 8 heteroatoms. The molecule has 1 aromatic heterocycles. The van der Waals surface area contributed by atoms with Crippen LogP contribution in [0.15, 0.2) is 42.5 Å². The molecule has 0 radical (unpaired) electrons. The summed E-state index contributed by atoms with van der Waals surface area (Å²) in [7, 11) is 1.63. The lowest BCUT2D eigenvalue weighted by Crippen LogP contribution is -2.53. The largest absolute Gasteiger partial charge is 0.508 e. The predicted octanol–water partition coefficient (Wildman–Crippen LogP) is 3.30. The van der Waals surface area contributed by atoms with Crippen LogP contribution in [0.4, 0.5) is 4.79 Å². The molecule has 0 bridgehead atoms. The van der Waals surface area contributed by atoms with Gasteiger partial charge in [0.05, 0.1) is 7.11 Å². The number of aromatic amines is 1. The molecule has 0 unspecified atom stereocenters. The highest BCUT2D eigenvalue weighted by atomic mass is 16.5. The first kappa shape index (κ1) is 21.0. The number of hydrogen-bond acceptors (Lipinski definition) is 5. The van der Waals surface area contributed by atoms with Crippen molar-refractivity contribution in [3.8, 4) is 11.5 Å². The van der Waals surface area contributed by atoms with Crippen LogP contribution in [0.25, 0.3) is 10.9 Å². The molecule has 2 atom stereocenters. The fraction of sp³-hybridized carbons (Fsp3) is 0.385. The molecule has 34 heavy (non-hydrogen) atoms. The molecule has 3 heterocycles. The Morgan fingerprint density at radius 2 is 2.03 bits per heavy atom. The van der Waals surface area contributed by atoms with Crippen molar-refractivity contribution in [3.63, 3.8) is 0 Å². The van der Waals surface area contributed by atoms with Crippen molar-refractivity contribution in [2.24, 2.45) is 0 Å². The van der Waals surface area contributed by atoms with Gasteiger partial charge in [-0.05, 0) is 61.2 Å². The number of H-pyrrole nitrogens is 1. The van der Waals surface area contributed by atoms with E-state index in [1.54, 1.807) is 30.2 Å². The summed E-state index contributed by atoms with van der Waals surface area (Å²) in [4.78, 5) is 34.1. The predicted molar refractivity (Wildman–Crippen MR) is 127 cm³/mol. The minimum Gasteiger partial charge on any atom is -0.508 e. The minimum absolute atomic E-state index is 0.118. The lowest BCUT2D eigenvalue weighted by Gasteiger charge is -2.42. The highest BCUT2D eigenvalue weighted by Gasteiger charge is 2.60. The second-order valence-electron chi connectivity index (χ2n) is 9.71. The standard InChI is InChI=1S/C26H28N4O4/c1-26-14-20-19-13-18(34-2)8-9-21(19)28-22(20)23(15-4-3-5-17(31)12-15)30(26)25(33)29(24(26)32)11-10-27-16-6-7-16/h3-5,8-9,12-13,16,23,27-28,31H,6-7,10-11,14H2,1-2H3/t23-,26+/m1/s1. The van der Waals surface area contributed by atoms with Crippen LogP contribution in [0.2, 0.25) is 0 Å². The average molecular weight is 461 g/mol. The number of phenolic OH excluding ortho intramolecular Hbond substituents is 1. The minimum atomic E-state index is -1.03. The first-order chi connectivity index (χ1) is 16.4. The number of nitrogens with zero attached hydrogens (tertiary/aromatic N) is 2. The number of fused-ring (bicyclic) bond motifs is 4. The number of carbonyl (C=O) groups is 2. The fourth-order valence-corrected chi connectivity index (χ4v) is 5.53. The third-order valence-electron chi connectivity index (χ3n) is 7.41. The number of hydrogen-bond donors (Lipinski definition) is 3. The van der Waals surface area contributed by atoms with E-state index < -0.39 is 11.6 Å². The molecule has 3 N–H and O–H groups in total. The number of methoxy groups -OCH3 is 1. The topological polar surface area (TPSA) is 97.9 Å². The van der Waals surface area contributed by atoms with Crippen LogP contribution < -0.4 is 10.1 Å². The van der Waals surface area contributed by atoms with Gasteiger partial charge in [0.1, 0.15) is 23.1 Å². The smallest absolute Gasteiger partial charge is 0.328 e. The third kappa shape index (κ3) is 3.09. The van der Waals surface area contributed by atoms with Gasteiger partial charge < -0.3 is 20.1 Å². The summed E-state index contributed by atoms with van der Waals surface area (Å²) < 4.78 is 5.45.